The maximum Gasteiger partial charge on any atom is 0.251 e. The van der Waals surface area contributed by atoms with Crippen LogP contribution in [0.3, 0.4) is 0 Å². The molecule has 0 bridgehead atoms. The summed E-state index contributed by atoms with van der Waals surface area (Å²) in [7, 11) is 0. The minimum absolute atomic E-state index is 0.103. The molecule has 0 saturated carbocycles. The van der Waals surface area contributed by atoms with Gasteiger partial charge in [-0.2, -0.15) is 0 Å². The van der Waals surface area contributed by atoms with Crippen molar-refractivity contribution in [2.75, 3.05) is 33.0 Å². The molecule has 2 aliphatic rings. The zero-order chi connectivity index (χ0) is 19.3. The van der Waals surface area contributed by atoms with Gasteiger partial charge in [-0.1, -0.05) is 12.1 Å². The zero-order valence-corrected chi connectivity index (χ0v) is 16.1. The molecular formula is C22H26N2O4. The van der Waals surface area contributed by atoms with Gasteiger partial charge in [-0.25, -0.2) is 0 Å². The fourth-order valence-electron chi connectivity index (χ4n) is 3.79. The van der Waals surface area contributed by atoms with Gasteiger partial charge >= 0.3 is 0 Å². The molecule has 1 amide bonds. The van der Waals surface area contributed by atoms with Gasteiger partial charge < -0.3 is 19.5 Å². The second-order valence-corrected chi connectivity index (χ2v) is 7.04. The van der Waals surface area contributed by atoms with Crippen molar-refractivity contribution in [3.8, 4) is 17.2 Å². The van der Waals surface area contributed by atoms with Crippen LogP contribution in [0, 0.1) is 0 Å². The Morgan fingerprint density at radius 1 is 1.11 bits per heavy atom. The third-order valence-electron chi connectivity index (χ3n) is 5.25. The number of nitrogens with zero attached hydrogens (tertiary/aromatic N) is 1. The Morgan fingerprint density at radius 3 is 2.61 bits per heavy atom. The number of hydrogen-bond donors (Lipinski definition) is 1. The molecule has 28 heavy (non-hydrogen) atoms. The van der Waals surface area contributed by atoms with Crippen LogP contribution in [0.2, 0.25) is 0 Å². The van der Waals surface area contributed by atoms with E-state index in [0.717, 1.165) is 18.8 Å². The molecule has 2 aromatic carbocycles. The number of carbonyl (C=O) groups excluding carboxylic acids is 1. The van der Waals surface area contributed by atoms with Gasteiger partial charge in [0.15, 0.2) is 11.5 Å². The lowest BCUT2D eigenvalue weighted by Gasteiger charge is -2.28. The van der Waals surface area contributed by atoms with Crippen LogP contribution >= 0.6 is 0 Å². The molecule has 148 valence electrons. The Morgan fingerprint density at radius 2 is 1.86 bits per heavy atom. The number of carbonyl (C=O) groups is 1. The van der Waals surface area contributed by atoms with Gasteiger partial charge in [0.2, 0.25) is 6.79 Å². The molecule has 1 fully saturated rings. The quantitative estimate of drug-likeness (QED) is 0.796. The summed E-state index contributed by atoms with van der Waals surface area (Å²) in [5.41, 5.74) is 1.77. The van der Waals surface area contributed by atoms with Gasteiger partial charge in [0.05, 0.1) is 12.6 Å². The van der Waals surface area contributed by atoms with Crippen molar-refractivity contribution in [1.82, 2.24) is 10.2 Å². The minimum Gasteiger partial charge on any atom is -0.494 e. The molecule has 4 rings (SSSR count). The predicted molar refractivity (Wildman–Crippen MR) is 106 cm³/mol. The topological polar surface area (TPSA) is 60.0 Å². The van der Waals surface area contributed by atoms with Crippen molar-refractivity contribution in [2.24, 2.45) is 0 Å². The first kappa shape index (κ1) is 18.6. The summed E-state index contributed by atoms with van der Waals surface area (Å²) >= 11 is 0. The lowest BCUT2D eigenvalue weighted by atomic mass is 10.0. The SMILES string of the molecule is CCOc1ccc(C(CNC(=O)c2ccc3c(c2)OCO3)N2CCCC2)cc1. The van der Waals surface area contributed by atoms with Crippen molar-refractivity contribution in [2.45, 2.75) is 25.8 Å². The molecule has 2 heterocycles. The van der Waals surface area contributed by atoms with Crippen molar-refractivity contribution >= 4 is 5.91 Å². The Labute approximate surface area is 165 Å². The molecule has 1 atom stereocenters. The smallest absolute Gasteiger partial charge is 0.251 e. The average molecular weight is 382 g/mol. The van der Waals surface area contributed by atoms with E-state index in [-0.39, 0.29) is 18.7 Å². The maximum atomic E-state index is 12.7. The van der Waals surface area contributed by atoms with Crippen LogP contribution in [0.5, 0.6) is 17.2 Å². The Hall–Kier alpha value is -2.73. The van der Waals surface area contributed by atoms with E-state index in [0.29, 0.717) is 30.2 Å². The third kappa shape index (κ3) is 4.07. The molecule has 0 radical (unpaired) electrons. The zero-order valence-electron chi connectivity index (χ0n) is 16.1. The number of ether oxygens (including phenoxy) is 3. The van der Waals surface area contributed by atoms with Crippen LogP contribution in [-0.4, -0.2) is 43.8 Å². The first-order chi connectivity index (χ1) is 13.7. The molecule has 2 aromatic rings. The molecular weight excluding hydrogens is 356 g/mol. The summed E-state index contributed by atoms with van der Waals surface area (Å²) in [5.74, 6) is 2.07. The van der Waals surface area contributed by atoms with E-state index in [2.05, 4.69) is 22.3 Å². The highest BCUT2D eigenvalue weighted by Crippen LogP contribution is 2.32. The number of benzene rings is 2. The van der Waals surface area contributed by atoms with E-state index in [9.17, 15) is 4.79 Å². The number of amides is 1. The van der Waals surface area contributed by atoms with E-state index >= 15 is 0 Å². The monoisotopic (exact) mass is 382 g/mol. The van der Waals surface area contributed by atoms with Crippen LogP contribution in [-0.2, 0) is 0 Å². The van der Waals surface area contributed by atoms with E-state index in [1.165, 1.54) is 18.4 Å². The molecule has 0 aliphatic carbocycles. The van der Waals surface area contributed by atoms with Crippen LogP contribution in [0.25, 0.3) is 0 Å². The number of likely N-dealkylation sites (tertiary alicyclic amines) is 1. The minimum atomic E-state index is -0.103. The number of nitrogens with one attached hydrogen (secondary N) is 1. The summed E-state index contributed by atoms with van der Waals surface area (Å²) in [6, 6.07) is 13.6. The lowest BCUT2D eigenvalue weighted by Crippen LogP contribution is -2.36. The standard InChI is InChI=1S/C22H26N2O4/c1-2-26-18-8-5-16(6-9-18)19(24-11-3-4-12-24)14-23-22(25)17-7-10-20-21(13-17)28-15-27-20/h5-10,13,19H,2-4,11-12,14-15H2,1H3,(H,23,25). The highest BCUT2D eigenvalue weighted by molar-refractivity contribution is 5.95. The van der Waals surface area contributed by atoms with Crippen molar-refractivity contribution in [1.29, 1.82) is 0 Å². The average Bonchev–Trinajstić information content (AvgIpc) is 3.41. The van der Waals surface area contributed by atoms with Gasteiger partial charge in [0.1, 0.15) is 5.75 Å². The molecule has 6 nitrogen and oxygen atoms in total. The fourth-order valence-corrected chi connectivity index (χ4v) is 3.79. The highest BCUT2D eigenvalue weighted by Gasteiger charge is 2.24. The van der Waals surface area contributed by atoms with E-state index in [1.807, 2.05) is 19.1 Å². The van der Waals surface area contributed by atoms with Crippen molar-refractivity contribution in [3.05, 3.63) is 53.6 Å². The number of fused-ring (bicyclic) bond motifs is 1. The normalized spacial score (nSPS) is 16.8. The lowest BCUT2D eigenvalue weighted by molar-refractivity contribution is 0.0937. The van der Waals surface area contributed by atoms with Crippen LogP contribution in [0.4, 0.5) is 0 Å². The molecule has 1 unspecified atom stereocenters. The first-order valence-electron chi connectivity index (χ1n) is 9.89. The van der Waals surface area contributed by atoms with E-state index in [4.69, 9.17) is 14.2 Å². The van der Waals surface area contributed by atoms with Gasteiger partial charge in [0.25, 0.3) is 5.91 Å². The fraction of sp³-hybridized carbons (Fsp3) is 0.409. The van der Waals surface area contributed by atoms with Crippen molar-refractivity contribution < 1.29 is 19.0 Å². The van der Waals surface area contributed by atoms with Gasteiger partial charge in [-0.15, -0.1) is 0 Å². The largest absolute Gasteiger partial charge is 0.494 e. The Balaban J connectivity index is 1.45. The summed E-state index contributed by atoms with van der Waals surface area (Å²) in [4.78, 5) is 15.1. The Kier molecular flexibility index (Phi) is 5.67. The van der Waals surface area contributed by atoms with Crippen LogP contribution < -0.4 is 19.5 Å². The predicted octanol–water partition coefficient (Wildman–Crippen LogP) is 3.38. The Bertz CT molecular complexity index is 816. The number of hydrogen-bond acceptors (Lipinski definition) is 5. The summed E-state index contributed by atoms with van der Waals surface area (Å²) < 4.78 is 16.2. The van der Waals surface area contributed by atoms with E-state index < -0.39 is 0 Å². The van der Waals surface area contributed by atoms with Gasteiger partial charge in [-0.05, 0) is 68.8 Å². The second-order valence-electron chi connectivity index (χ2n) is 7.04. The second kappa shape index (κ2) is 8.52. The molecule has 0 aromatic heterocycles. The summed E-state index contributed by atoms with van der Waals surface area (Å²) in [6.45, 7) is 5.50. The van der Waals surface area contributed by atoms with Crippen LogP contribution in [0.1, 0.15) is 41.7 Å². The first-order valence-corrected chi connectivity index (χ1v) is 9.89. The van der Waals surface area contributed by atoms with Gasteiger partial charge in [0, 0.05) is 12.1 Å². The van der Waals surface area contributed by atoms with E-state index in [1.54, 1.807) is 18.2 Å². The molecule has 1 N–H and O–H groups in total. The summed E-state index contributed by atoms with van der Waals surface area (Å²) in [6.07, 6.45) is 2.40. The maximum absolute atomic E-state index is 12.7. The van der Waals surface area contributed by atoms with Crippen molar-refractivity contribution in [3.63, 3.8) is 0 Å². The van der Waals surface area contributed by atoms with Gasteiger partial charge in [-0.3, -0.25) is 9.69 Å². The summed E-state index contributed by atoms with van der Waals surface area (Å²) in [5, 5.41) is 3.10. The molecule has 6 heteroatoms. The molecule has 0 spiro atoms. The molecule has 1 saturated heterocycles. The van der Waals surface area contributed by atoms with Crippen LogP contribution in [0.15, 0.2) is 42.5 Å². The third-order valence-corrected chi connectivity index (χ3v) is 5.25. The highest BCUT2D eigenvalue weighted by atomic mass is 16.7. The molecule has 2 aliphatic heterocycles. The number of rotatable bonds is 7.